The van der Waals surface area contributed by atoms with Gasteiger partial charge in [-0.3, -0.25) is 4.79 Å². The zero-order valence-electron chi connectivity index (χ0n) is 21.2. The highest BCUT2D eigenvalue weighted by molar-refractivity contribution is 6.30. The molecule has 190 valence electrons. The fraction of sp³-hybridized carbons (Fsp3) is 0.290. The summed E-state index contributed by atoms with van der Waals surface area (Å²) in [5.74, 6) is 1.68. The van der Waals surface area contributed by atoms with Crippen molar-refractivity contribution in [3.8, 4) is 11.5 Å². The Kier molecular flexibility index (Phi) is 7.61. The number of hydrazone groups is 1. The molecule has 5 rings (SSSR count). The first-order valence-corrected chi connectivity index (χ1v) is 13.3. The summed E-state index contributed by atoms with van der Waals surface area (Å²) in [6, 6.07) is 23.0. The van der Waals surface area contributed by atoms with E-state index in [0.29, 0.717) is 23.8 Å². The van der Waals surface area contributed by atoms with Crippen LogP contribution in [0.15, 0.2) is 83.5 Å². The minimum Gasteiger partial charge on any atom is -0.494 e. The van der Waals surface area contributed by atoms with E-state index in [9.17, 15) is 4.79 Å². The van der Waals surface area contributed by atoms with Crippen LogP contribution in [0.3, 0.4) is 0 Å². The molecule has 3 aromatic rings. The number of nitrogens with zero attached hydrogens (tertiary/aromatic N) is 2. The molecule has 0 N–H and O–H groups in total. The van der Waals surface area contributed by atoms with Crippen molar-refractivity contribution in [2.75, 3.05) is 13.2 Å². The monoisotopic (exact) mass is 514 g/mol. The Labute approximate surface area is 223 Å². The molecule has 2 aliphatic rings. The van der Waals surface area contributed by atoms with Gasteiger partial charge in [-0.25, -0.2) is 5.01 Å². The van der Waals surface area contributed by atoms with Crippen LogP contribution >= 0.6 is 11.6 Å². The Balaban J connectivity index is 1.52. The number of ether oxygens (including phenoxy) is 2. The molecule has 0 radical (unpaired) electrons. The van der Waals surface area contributed by atoms with Gasteiger partial charge in [0.2, 0.25) is 0 Å². The highest BCUT2D eigenvalue weighted by Gasteiger charge is 2.44. The molecule has 0 saturated heterocycles. The lowest BCUT2D eigenvalue weighted by atomic mass is 9.77. The third-order valence-electron chi connectivity index (χ3n) is 6.87. The molecule has 6 heteroatoms. The van der Waals surface area contributed by atoms with Crippen LogP contribution in [0.4, 0.5) is 0 Å². The molecule has 1 saturated carbocycles. The number of rotatable bonds is 7. The largest absolute Gasteiger partial charge is 0.494 e. The van der Waals surface area contributed by atoms with E-state index in [1.165, 1.54) is 5.57 Å². The lowest BCUT2D eigenvalue weighted by molar-refractivity contribution is 0.0681. The summed E-state index contributed by atoms with van der Waals surface area (Å²) < 4.78 is 11.2. The van der Waals surface area contributed by atoms with Crippen molar-refractivity contribution < 1.29 is 14.3 Å². The van der Waals surface area contributed by atoms with E-state index in [4.69, 9.17) is 26.2 Å². The van der Waals surface area contributed by atoms with Crippen molar-refractivity contribution in [3.05, 3.63) is 100 Å². The van der Waals surface area contributed by atoms with Crippen molar-refractivity contribution in [2.45, 2.75) is 39.2 Å². The van der Waals surface area contributed by atoms with Crippen molar-refractivity contribution >= 4 is 29.3 Å². The summed E-state index contributed by atoms with van der Waals surface area (Å²) in [4.78, 5) is 13.7. The van der Waals surface area contributed by atoms with Gasteiger partial charge in [-0.15, -0.1) is 0 Å². The van der Waals surface area contributed by atoms with Crippen LogP contribution in [-0.2, 0) is 0 Å². The maximum Gasteiger partial charge on any atom is 0.274 e. The van der Waals surface area contributed by atoms with Gasteiger partial charge in [0.15, 0.2) is 0 Å². The summed E-state index contributed by atoms with van der Waals surface area (Å²) >= 11 is 6.08. The van der Waals surface area contributed by atoms with Crippen LogP contribution < -0.4 is 9.47 Å². The van der Waals surface area contributed by atoms with Crippen molar-refractivity contribution in [3.63, 3.8) is 0 Å². The number of halogens is 1. The number of hydrogen-bond acceptors (Lipinski definition) is 4. The summed E-state index contributed by atoms with van der Waals surface area (Å²) in [5, 5.41) is 7.27. The summed E-state index contributed by atoms with van der Waals surface area (Å²) in [5.41, 5.74) is 4.91. The minimum atomic E-state index is -0.183. The van der Waals surface area contributed by atoms with Gasteiger partial charge in [0.1, 0.15) is 11.5 Å². The van der Waals surface area contributed by atoms with Crippen molar-refractivity contribution in [2.24, 2.45) is 11.0 Å². The van der Waals surface area contributed by atoms with E-state index < -0.39 is 0 Å². The van der Waals surface area contributed by atoms with E-state index in [-0.39, 0.29) is 17.9 Å². The van der Waals surface area contributed by atoms with Crippen LogP contribution in [0.2, 0.25) is 5.02 Å². The highest BCUT2D eigenvalue weighted by Crippen LogP contribution is 2.45. The summed E-state index contributed by atoms with van der Waals surface area (Å²) in [7, 11) is 0. The topological polar surface area (TPSA) is 51.1 Å². The molecule has 1 aliphatic carbocycles. The second-order valence-corrected chi connectivity index (χ2v) is 9.70. The SMILES string of the molecule is CCOc1ccc(/C=C2\CCCC3C2=NN(C(=O)c2ccc(Cl)cc2)C3c2ccc(OCC)cc2)cc1. The number of benzene rings is 3. The van der Waals surface area contributed by atoms with Gasteiger partial charge in [-0.2, -0.15) is 5.10 Å². The standard InChI is InChI=1S/C31H31ClN2O3/c1-3-36-26-16-8-21(9-17-26)20-24-6-5-7-28-29(24)33-34(31(35)23-10-14-25(32)15-11-23)30(28)22-12-18-27(19-13-22)37-4-2/h8-20,28,30H,3-7H2,1-2H3/b24-20+. The van der Waals surface area contributed by atoms with E-state index in [1.54, 1.807) is 29.3 Å². The van der Waals surface area contributed by atoms with Crippen LogP contribution in [0.1, 0.15) is 60.6 Å². The number of carbonyl (C=O) groups is 1. The second-order valence-electron chi connectivity index (χ2n) is 9.26. The molecule has 1 heterocycles. The van der Waals surface area contributed by atoms with E-state index in [0.717, 1.165) is 47.6 Å². The lowest BCUT2D eigenvalue weighted by Gasteiger charge is -2.29. The number of hydrogen-bond donors (Lipinski definition) is 0. The van der Waals surface area contributed by atoms with E-state index in [2.05, 4.69) is 30.3 Å². The maximum atomic E-state index is 13.7. The van der Waals surface area contributed by atoms with Crippen LogP contribution in [0.5, 0.6) is 11.5 Å². The zero-order valence-corrected chi connectivity index (χ0v) is 21.9. The smallest absolute Gasteiger partial charge is 0.274 e. The average Bonchev–Trinajstić information content (AvgIpc) is 3.31. The Bertz CT molecular complexity index is 1300. The van der Waals surface area contributed by atoms with Gasteiger partial charge >= 0.3 is 0 Å². The first-order valence-electron chi connectivity index (χ1n) is 12.9. The van der Waals surface area contributed by atoms with Gasteiger partial charge < -0.3 is 9.47 Å². The van der Waals surface area contributed by atoms with Crippen LogP contribution in [-0.4, -0.2) is 29.8 Å². The Morgan fingerprint density at radius 2 is 1.57 bits per heavy atom. The molecule has 37 heavy (non-hydrogen) atoms. The first kappa shape index (κ1) is 25.1. The molecule has 1 aliphatic heterocycles. The Morgan fingerprint density at radius 1 is 0.946 bits per heavy atom. The van der Waals surface area contributed by atoms with Gasteiger partial charge in [0.05, 0.1) is 25.0 Å². The van der Waals surface area contributed by atoms with Gasteiger partial charge in [0.25, 0.3) is 5.91 Å². The first-order chi connectivity index (χ1) is 18.1. The fourth-order valence-corrected chi connectivity index (χ4v) is 5.31. The maximum absolute atomic E-state index is 13.7. The molecule has 0 aromatic heterocycles. The Morgan fingerprint density at radius 3 is 2.19 bits per heavy atom. The van der Waals surface area contributed by atoms with Gasteiger partial charge in [-0.05, 0) is 104 Å². The third kappa shape index (κ3) is 5.42. The normalized spacial score (nSPS) is 19.9. The molecule has 1 amide bonds. The molecule has 0 spiro atoms. The molecule has 2 unspecified atom stereocenters. The molecule has 2 atom stereocenters. The molecule has 1 fully saturated rings. The molecule has 5 nitrogen and oxygen atoms in total. The lowest BCUT2D eigenvalue weighted by Crippen LogP contribution is -2.31. The van der Waals surface area contributed by atoms with Gasteiger partial charge in [0, 0.05) is 16.5 Å². The fourth-order valence-electron chi connectivity index (χ4n) is 5.18. The molecular formula is C31H31ClN2O3. The second kappa shape index (κ2) is 11.2. The zero-order chi connectivity index (χ0) is 25.8. The van der Waals surface area contributed by atoms with Crippen LogP contribution in [0.25, 0.3) is 6.08 Å². The molecular weight excluding hydrogens is 484 g/mol. The number of allylic oxidation sites excluding steroid dienone is 1. The van der Waals surface area contributed by atoms with Gasteiger partial charge in [-0.1, -0.05) is 35.9 Å². The summed E-state index contributed by atoms with van der Waals surface area (Å²) in [6.45, 7) is 5.20. The molecule has 0 bridgehead atoms. The predicted octanol–water partition coefficient (Wildman–Crippen LogP) is 7.57. The predicted molar refractivity (Wildman–Crippen MR) is 148 cm³/mol. The third-order valence-corrected chi connectivity index (χ3v) is 7.12. The number of amides is 1. The summed E-state index contributed by atoms with van der Waals surface area (Å²) in [6.07, 6.45) is 5.15. The quantitative estimate of drug-likeness (QED) is 0.326. The van der Waals surface area contributed by atoms with Crippen molar-refractivity contribution in [1.82, 2.24) is 5.01 Å². The van der Waals surface area contributed by atoms with Crippen molar-refractivity contribution in [1.29, 1.82) is 0 Å². The number of carbonyl (C=O) groups excluding carboxylic acids is 1. The van der Waals surface area contributed by atoms with Crippen LogP contribution in [0, 0.1) is 5.92 Å². The number of fused-ring (bicyclic) bond motifs is 1. The minimum absolute atomic E-state index is 0.122. The average molecular weight is 515 g/mol. The van der Waals surface area contributed by atoms with E-state index in [1.807, 2.05) is 38.1 Å². The van der Waals surface area contributed by atoms with E-state index >= 15 is 0 Å². The highest BCUT2D eigenvalue weighted by atomic mass is 35.5. The molecule has 3 aromatic carbocycles. The Hall–Kier alpha value is -3.57.